The van der Waals surface area contributed by atoms with Gasteiger partial charge in [-0.05, 0) is 43.9 Å². The standard InChI is InChI=1S/C16H21ClO/c1-11-6-5-7-13(12(11)2)18-15-10-14(17)16(15)8-3-4-9-16/h5-7,14-15H,3-4,8-10H2,1-2H3. The van der Waals surface area contributed by atoms with E-state index in [1.54, 1.807) is 0 Å². The average Bonchev–Trinajstić information content (AvgIpc) is 2.86. The number of aryl methyl sites for hydroxylation is 1. The van der Waals surface area contributed by atoms with Crippen molar-refractivity contribution >= 4 is 11.6 Å². The Morgan fingerprint density at radius 1 is 1.22 bits per heavy atom. The molecule has 0 radical (unpaired) electrons. The van der Waals surface area contributed by atoms with Gasteiger partial charge in [0.2, 0.25) is 0 Å². The second-order valence-electron chi connectivity index (χ2n) is 5.95. The van der Waals surface area contributed by atoms with Crippen molar-refractivity contribution in [2.75, 3.05) is 0 Å². The first-order valence-electron chi connectivity index (χ1n) is 7.00. The van der Waals surface area contributed by atoms with Gasteiger partial charge in [0.05, 0.1) is 0 Å². The molecule has 0 heterocycles. The lowest BCUT2D eigenvalue weighted by molar-refractivity contribution is -0.0359. The van der Waals surface area contributed by atoms with E-state index in [2.05, 4.69) is 32.0 Å². The number of benzene rings is 1. The number of ether oxygens (including phenoxy) is 1. The van der Waals surface area contributed by atoms with Gasteiger partial charge in [-0.2, -0.15) is 0 Å². The summed E-state index contributed by atoms with van der Waals surface area (Å²) < 4.78 is 6.29. The summed E-state index contributed by atoms with van der Waals surface area (Å²) in [5.41, 5.74) is 2.84. The number of hydrogen-bond acceptors (Lipinski definition) is 1. The summed E-state index contributed by atoms with van der Waals surface area (Å²) >= 11 is 6.46. The molecule has 0 bridgehead atoms. The van der Waals surface area contributed by atoms with Crippen molar-refractivity contribution in [1.29, 1.82) is 0 Å². The van der Waals surface area contributed by atoms with Gasteiger partial charge < -0.3 is 4.74 Å². The van der Waals surface area contributed by atoms with E-state index in [9.17, 15) is 0 Å². The fraction of sp³-hybridized carbons (Fsp3) is 0.625. The molecule has 2 aliphatic rings. The minimum atomic E-state index is 0.276. The van der Waals surface area contributed by atoms with Crippen molar-refractivity contribution in [3.8, 4) is 5.75 Å². The molecule has 2 heteroatoms. The molecule has 2 atom stereocenters. The second kappa shape index (κ2) is 4.45. The highest BCUT2D eigenvalue weighted by molar-refractivity contribution is 6.21. The molecule has 2 unspecified atom stereocenters. The smallest absolute Gasteiger partial charge is 0.122 e. The first kappa shape index (κ1) is 12.3. The van der Waals surface area contributed by atoms with Crippen LogP contribution < -0.4 is 4.74 Å². The van der Waals surface area contributed by atoms with Gasteiger partial charge in [-0.1, -0.05) is 25.0 Å². The van der Waals surface area contributed by atoms with Crippen LogP contribution in [0.1, 0.15) is 43.2 Å². The Hall–Kier alpha value is -0.690. The van der Waals surface area contributed by atoms with Crippen LogP contribution in [0.2, 0.25) is 0 Å². The largest absolute Gasteiger partial charge is 0.489 e. The quantitative estimate of drug-likeness (QED) is 0.708. The summed E-state index contributed by atoms with van der Waals surface area (Å²) in [5, 5.41) is 0.329. The zero-order valence-corrected chi connectivity index (χ0v) is 12.0. The number of rotatable bonds is 2. The van der Waals surface area contributed by atoms with Gasteiger partial charge in [0.1, 0.15) is 11.9 Å². The Bertz CT molecular complexity index is 448. The van der Waals surface area contributed by atoms with Crippen LogP contribution >= 0.6 is 11.6 Å². The molecular weight excluding hydrogens is 244 g/mol. The highest BCUT2D eigenvalue weighted by atomic mass is 35.5. The van der Waals surface area contributed by atoms with Crippen molar-refractivity contribution in [2.24, 2.45) is 5.41 Å². The number of hydrogen-bond donors (Lipinski definition) is 0. The van der Waals surface area contributed by atoms with E-state index in [4.69, 9.17) is 16.3 Å². The third-order valence-electron chi connectivity index (χ3n) is 5.04. The topological polar surface area (TPSA) is 9.23 Å². The van der Waals surface area contributed by atoms with Crippen molar-refractivity contribution in [3.05, 3.63) is 29.3 Å². The van der Waals surface area contributed by atoms with Gasteiger partial charge in [0.15, 0.2) is 0 Å². The lowest BCUT2D eigenvalue weighted by Crippen LogP contribution is -2.55. The fourth-order valence-corrected chi connectivity index (χ4v) is 4.06. The third-order valence-corrected chi connectivity index (χ3v) is 5.66. The van der Waals surface area contributed by atoms with Crippen LogP contribution in [-0.2, 0) is 0 Å². The van der Waals surface area contributed by atoms with Crippen LogP contribution in [0, 0.1) is 19.3 Å². The molecule has 98 valence electrons. The Kier molecular flexibility index (Phi) is 3.05. The van der Waals surface area contributed by atoms with Gasteiger partial charge in [-0.3, -0.25) is 0 Å². The molecule has 2 saturated carbocycles. The molecule has 2 aliphatic carbocycles. The highest BCUT2D eigenvalue weighted by Crippen LogP contribution is 2.57. The predicted molar refractivity (Wildman–Crippen MR) is 75.5 cm³/mol. The molecule has 0 saturated heterocycles. The van der Waals surface area contributed by atoms with E-state index in [-0.39, 0.29) is 5.41 Å². The van der Waals surface area contributed by atoms with Gasteiger partial charge in [-0.25, -0.2) is 0 Å². The van der Waals surface area contributed by atoms with Crippen molar-refractivity contribution < 1.29 is 4.74 Å². The van der Waals surface area contributed by atoms with E-state index in [0.29, 0.717) is 11.5 Å². The van der Waals surface area contributed by atoms with Crippen molar-refractivity contribution in [2.45, 2.75) is 57.4 Å². The van der Waals surface area contributed by atoms with Gasteiger partial charge >= 0.3 is 0 Å². The first-order chi connectivity index (χ1) is 8.63. The predicted octanol–water partition coefficient (Wildman–Crippen LogP) is 4.62. The molecule has 18 heavy (non-hydrogen) atoms. The maximum atomic E-state index is 6.46. The maximum absolute atomic E-state index is 6.46. The average molecular weight is 265 g/mol. The van der Waals surface area contributed by atoms with Crippen LogP contribution in [0.25, 0.3) is 0 Å². The first-order valence-corrected chi connectivity index (χ1v) is 7.44. The van der Waals surface area contributed by atoms with Crippen LogP contribution in [0.15, 0.2) is 18.2 Å². The second-order valence-corrected chi connectivity index (χ2v) is 6.47. The van der Waals surface area contributed by atoms with E-state index in [1.165, 1.54) is 36.8 Å². The van der Waals surface area contributed by atoms with E-state index in [1.807, 2.05) is 0 Å². The Labute approximate surface area is 114 Å². The summed E-state index contributed by atoms with van der Waals surface area (Å²) in [7, 11) is 0. The molecule has 1 nitrogen and oxygen atoms in total. The monoisotopic (exact) mass is 264 g/mol. The molecule has 2 fully saturated rings. The molecule has 1 aromatic carbocycles. The number of alkyl halides is 1. The molecular formula is C16H21ClO. The third kappa shape index (κ3) is 1.75. The summed E-state index contributed by atoms with van der Waals surface area (Å²) in [6.45, 7) is 4.28. The maximum Gasteiger partial charge on any atom is 0.122 e. The van der Waals surface area contributed by atoms with Crippen LogP contribution in [0.5, 0.6) is 5.75 Å². The van der Waals surface area contributed by atoms with Crippen LogP contribution in [-0.4, -0.2) is 11.5 Å². The molecule has 1 aromatic rings. The summed E-state index contributed by atoms with van der Waals surface area (Å²) in [4.78, 5) is 0. The molecule has 0 aliphatic heterocycles. The lowest BCUT2D eigenvalue weighted by Gasteiger charge is -2.51. The summed E-state index contributed by atoms with van der Waals surface area (Å²) in [5.74, 6) is 1.05. The van der Waals surface area contributed by atoms with Gasteiger partial charge in [0, 0.05) is 17.2 Å². The van der Waals surface area contributed by atoms with Gasteiger partial charge in [0.25, 0.3) is 0 Å². The van der Waals surface area contributed by atoms with Crippen LogP contribution in [0.3, 0.4) is 0 Å². The normalized spacial score (nSPS) is 29.3. The Morgan fingerprint density at radius 3 is 2.61 bits per heavy atom. The van der Waals surface area contributed by atoms with E-state index >= 15 is 0 Å². The molecule has 0 amide bonds. The van der Waals surface area contributed by atoms with Crippen molar-refractivity contribution in [1.82, 2.24) is 0 Å². The lowest BCUT2D eigenvalue weighted by atomic mass is 9.64. The zero-order valence-electron chi connectivity index (χ0n) is 11.2. The summed E-state index contributed by atoms with van der Waals surface area (Å²) in [6.07, 6.45) is 6.47. The molecule has 1 spiro atoms. The highest BCUT2D eigenvalue weighted by Gasteiger charge is 2.57. The summed E-state index contributed by atoms with van der Waals surface area (Å²) in [6, 6.07) is 6.31. The Balaban J connectivity index is 1.79. The van der Waals surface area contributed by atoms with Crippen molar-refractivity contribution in [3.63, 3.8) is 0 Å². The minimum absolute atomic E-state index is 0.276. The minimum Gasteiger partial charge on any atom is -0.489 e. The SMILES string of the molecule is Cc1cccc(OC2CC(Cl)C23CCCC3)c1C. The molecule has 0 aromatic heterocycles. The van der Waals surface area contributed by atoms with Gasteiger partial charge in [-0.15, -0.1) is 11.6 Å². The number of halogens is 1. The fourth-order valence-electron chi connectivity index (χ4n) is 3.54. The van der Waals surface area contributed by atoms with E-state index < -0.39 is 0 Å². The van der Waals surface area contributed by atoms with Crippen LogP contribution in [0.4, 0.5) is 0 Å². The Morgan fingerprint density at radius 2 is 1.94 bits per heavy atom. The van der Waals surface area contributed by atoms with E-state index in [0.717, 1.165) is 12.2 Å². The molecule has 3 rings (SSSR count). The zero-order chi connectivity index (χ0) is 12.8. The molecule has 0 N–H and O–H groups in total.